The van der Waals surface area contributed by atoms with Crippen molar-refractivity contribution in [3.05, 3.63) is 30.7 Å². The molecule has 0 saturated heterocycles. The van der Waals surface area contributed by atoms with Crippen molar-refractivity contribution >= 4 is 16.6 Å². The first-order valence-corrected chi connectivity index (χ1v) is 5.15. The molecule has 0 fully saturated rings. The summed E-state index contributed by atoms with van der Waals surface area (Å²) in [6, 6.07) is 3.32. The van der Waals surface area contributed by atoms with Gasteiger partial charge >= 0.3 is 6.18 Å². The Hall–Kier alpha value is -1.89. The van der Waals surface area contributed by atoms with Crippen LogP contribution in [-0.4, -0.2) is 33.9 Å². The summed E-state index contributed by atoms with van der Waals surface area (Å²) in [5, 5.41) is 12.9. The molecule has 0 aromatic carbocycles. The third kappa shape index (κ3) is 2.86. The number of nitrogens with zero attached hydrogens (tertiary/aromatic N) is 2. The van der Waals surface area contributed by atoms with Crippen LogP contribution in [0.3, 0.4) is 0 Å². The average molecular weight is 257 g/mol. The van der Waals surface area contributed by atoms with Crippen molar-refractivity contribution in [3.8, 4) is 0 Å². The molecule has 2 aromatic heterocycles. The second-order valence-electron chi connectivity index (χ2n) is 3.73. The summed E-state index contributed by atoms with van der Waals surface area (Å²) >= 11 is 0. The van der Waals surface area contributed by atoms with Crippen LogP contribution in [0.2, 0.25) is 0 Å². The van der Waals surface area contributed by atoms with Crippen molar-refractivity contribution in [1.29, 1.82) is 0 Å². The van der Waals surface area contributed by atoms with Gasteiger partial charge in [0.2, 0.25) is 0 Å². The van der Waals surface area contributed by atoms with E-state index >= 15 is 0 Å². The lowest BCUT2D eigenvalue weighted by Crippen LogP contribution is -2.35. The predicted molar refractivity (Wildman–Crippen MR) is 60.1 cm³/mol. The first kappa shape index (κ1) is 12.6. The van der Waals surface area contributed by atoms with Gasteiger partial charge in [-0.05, 0) is 17.5 Å². The molecule has 0 radical (unpaired) electrons. The Bertz CT molecular complexity index is 544. The zero-order chi connectivity index (χ0) is 13.2. The summed E-state index contributed by atoms with van der Waals surface area (Å²) in [5.74, 6) is 0.275. The van der Waals surface area contributed by atoms with Gasteiger partial charge in [0.1, 0.15) is 5.82 Å². The van der Waals surface area contributed by atoms with E-state index in [1.54, 1.807) is 24.5 Å². The van der Waals surface area contributed by atoms with Gasteiger partial charge < -0.3 is 10.4 Å². The van der Waals surface area contributed by atoms with Crippen LogP contribution >= 0.6 is 0 Å². The molecule has 0 aliphatic carbocycles. The van der Waals surface area contributed by atoms with Gasteiger partial charge in [-0.1, -0.05) is 0 Å². The van der Waals surface area contributed by atoms with E-state index in [4.69, 9.17) is 5.11 Å². The normalized spacial score (nSPS) is 13.6. The Kier molecular flexibility index (Phi) is 3.33. The molecule has 96 valence electrons. The van der Waals surface area contributed by atoms with Gasteiger partial charge in [0, 0.05) is 24.0 Å². The lowest BCUT2D eigenvalue weighted by atomic mass is 10.2. The van der Waals surface area contributed by atoms with E-state index in [0.717, 1.165) is 10.8 Å². The number of nitrogens with one attached hydrogen (secondary N) is 1. The first-order chi connectivity index (χ1) is 8.47. The van der Waals surface area contributed by atoms with Gasteiger partial charge in [0.15, 0.2) is 6.10 Å². The number of hydrogen-bond acceptors (Lipinski definition) is 4. The number of aliphatic hydroxyl groups excluding tert-OH is 1. The molecular weight excluding hydrogens is 247 g/mol. The number of aromatic nitrogens is 2. The van der Waals surface area contributed by atoms with Gasteiger partial charge in [0.25, 0.3) is 0 Å². The zero-order valence-corrected chi connectivity index (χ0v) is 9.15. The van der Waals surface area contributed by atoms with Crippen LogP contribution < -0.4 is 5.32 Å². The van der Waals surface area contributed by atoms with E-state index in [-0.39, 0.29) is 5.82 Å². The van der Waals surface area contributed by atoms with E-state index in [1.807, 2.05) is 0 Å². The van der Waals surface area contributed by atoms with Crippen molar-refractivity contribution in [1.82, 2.24) is 9.97 Å². The van der Waals surface area contributed by atoms with Crippen LogP contribution in [0.4, 0.5) is 19.0 Å². The maximum Gasteiger partial charge on any atom is 0.416 e. The summed E-state index contributed by atoms with van der Waals surface area (Å²) in [5.41, 5.74) is 0. The quantitative estimate of drug-likeness (QED) is 0.882. The highest BCUT2D eigenvalue weighted by atomic mass is 19.4. The van der Waals surface area contributed by atoms with Crippen LogP contribution in [0.1, 0.15) is 0 Å². The van der Waals surface area contributed by atoms with E-state index in [9.17, 15) is 13.2 Å². The zero-order valence-electron chi connectivity index (χ0n) is 9.15. The summed E-state index contributed by atoms with van der Waals surface area (Å²) in [4.78, 5) is 7.83. The van der Waals surface area contributed by atoms with Gasteiger partial charge in [-0.3, -0.25) is 4.98 Å². The molecule has 7 heteroatoms. The molecule has 0 aliphatic heterocycles. The second kappa shape index (κ2) is 4.77. The van der Waals surface area contributed by atoms with Crippen molar-refractivity contribution in [2.24, 2.45) is 0 Å². The van der Waals surface area contributed by atoms with E-state index in [2.05, 4.69) is 15.3 Å². The molecule has 0 amide bonds. The van der Waals surface area contributed by atoms with Crippen molar-refractivity contribution in [3.63, 3.8) is 0 Å². The number of fused-ring (bicyclic) bond motifs is 1. The fourth-order valence-electron chi connectivity index (χ4n) is 1.39. The Morgan fingerprint density at radius 2 is 2.06 bits per heavy atom. The summed E-state index contributed by atoms with van der Waals surface area (Å²) in [7, 11) is 0. The maximum atomic E-state index is 12.1. The van der Waals surface area contributed by atoms with Crippen LogP contribution in [0.15, 0.2) is 30.7 Å². The van der Waals surface area contributed by atoms with Gasteiger partial charge in [-0.25, -0.2) is 4.98 Å². The molecule has 2 rings (SSSR count). The molecule has 2 N–H and O–H groups in total. The van der Waals surface area contributed by atoms with Crippen molar-refractivity contribution < 1.29 is 18.3 Å². The highest BCUT2D eigenvalue weighted by Crippen LogP contribution is 2.21. The van der Waals surface area contributed by atoms with Crippen molar-refractivity contribution in [2.75, 3.05) is 11.9 Å². The minimum Gasteiger partial charge on any atom is -0.382 e. The SMILES string of the molecule is OC(CNc1cc2ccncc2cn1)C(F)(F)F. The Balaban J connectivity index is 2.08. The fourth-order valence-corrected chi connectivity index (χ4v) is 1.39. The number of alkyl halides is 3. The molecule has 0 bridgehead atoms. The van der Waals surface area contributed by atoms with Gasteiger partial charge in [-0.15, -0.1) is 0 Å². The van der Waals surface area contributed by atoms with Crippen LogP contribution in [0.5, 0.6) is 0 Å². The smallest absolute Gasteiger partial charge is 0.382 e. The molecule has 0 saturated carbocycles. The van der Waals surface area contributed by atoms with Crippen LogP contribution in [0, 0.1) is 0 Å². The lowest BCUT2D eigenvalue weighted by molar-refractivity contribution is -0.198. The standard InChI is InChI=1S/C11H10F3N3O/c12-11(13,14)9(18)6-17-10-3-7-1-2-15-4-8(7)5-16-10/h1-5,9,18H,6H2,(H,16,17). The summed E-state index contributed by atoms with van der Waals surface area (Å²) in [6.07, 6.45) is -2.35. The van der Waals surface area contributed by atoms with Crippen LogP contribution in [-0.2, 0) is 0 Å². The van der Waals surface area contributed by atoms with Gasteiger partial charge in [0.05, 0.1) is 6.54 Å². The second-order valence-corrected chi connectivity index (χ2v) is 3.73. The number of hydrogen-bond donors (Lipinski definition) is 2. The number of aliphatic hydroxyl groups is 1. The Morgan fingerprint density at radius 1 is 1.28 bits per heavy atom. The topological polar surface area (TPSA) is 58.0 Å². The molecule has 18 heavy (non-hydrogen) atoms. The third-order valence-corrected chi connectivity index (χ3v) is 2.38. The highest BCUT2D eigenvalue weighted by molar-refractivity contribution is 5.82. The largest absolute Gasteiger partial charge is 0.416 e. The predicted octanol–water partition coefficient (Wildman–Crippen LogP) is 1.96. The molecule has 0 aliphatic rings. The molecular formula is C11H10F3N3O. The monoisotopic (exact) mass is 257 g/mol. The maximum absolute atomic E-state index is 12.1. The van der Waals surface area contributed by atoms with E-state index in [1.165, 1.54) is 6.20 Å². The summed E-state index contributed by atoms with van der Waals surface area (Å²) < 4.78 is 36.3. The Labute approximate surface area is 100 Å². The Morgan fingerprint density at radius 3 is 2.78 bits per heavy atom. The summed E-state index contributed by atoms with van der Waals surface area (Å²) in [6.45, 7) is -0.632. The minimum absolute atomic E-state index is 0.275. The van der Waals surface area contributed by atoms with E-state index in [0.29, 0.717) is 0 Å². The minimum atomic E-state index is -4.63. The molecule has 1 atom stereocenters. The van der Waals surface area contributed by atoms with Crippen LogP contribution in [0.25, 0.3) is 10.8 Å². The number of rotatable bonds is 3. The number of halogens is 3. The van der Waals surface area contributed by atoms with E-state index < -0.39 is 18.8 Å². The molecule has 2 aromatic rings. The first-order valence-electron chi connectivity index (χ1n) is 5.15. The number of pyridine rings is 2. The molecule has 0 spiro atoms. The molecule has 2 heterocycles. The highest BCUT2D eigenvalue weighted by Gasteiger charge is 2.37. The van der Waals surface area contributed by atoms with Crippen molar-refractivity contribution in [2.45, 2.75) is 12.3 Å². The molecule has 4 nitrogen and oxygen atoms in total. The third-order valence-electron chi connectivity index (χ3n) is 2.38. The number of anilines is 1. The van der Waals surface area contributed by atoms with Gasteiger partial charge in [-0.2, -0.15) is 13.2 Å². The lowest BCUT2D eigenvalue weighted by Gasteiger charge is -2.15. The fraction of sp³-hybridized carbons (Fsp3) is 0.273. The average Bonchev–Trinajstić information content (AvgIpc) is 2.34. The molecule has 1 unspecified atom stereocenters.